The van der Waals surface area contributed by atoms with Gasteiger partial charge >= 0.3 is 5.97 Å². The monoisotopic (exact) mass is 865 g/mol. The third-order valence-electron chi connectivity index (χ3n) is 11.8. The second-order valence-electron chi connectivity index (χ2n) is 17.6. The topological polar surface area (TPSA) is 135 Å². The van der Waals surface area contributed by atoms with E-state index >= 15 is 0 Å². The van der Waals surface area contributed by atoms with Gasteiger partial charge in [0.05, 0.1) is 19.8 Å². The minimum Gasteiger partial charge on any atom is -0.457 e. The number of aliphatic hydroxyl groups excluding tert-OH is 4. The first-order valence-corrected chi connectivity index (χ1v) is 25.6. The number of carbonyl (C=O) groups excluding carboxylic acids is 1. The van der Waals surface area contributed by atoms with Gasteiger partial charge in [0.2, 0.25) is 0 Å². The van der Waals surface area contributed by atoms with Crippen molar-refractivity contribution in [2.45, 2.75) is 263 Å². The van der Waals surface area contributed by atoms with Gasteiger partial charge in [0.15, 0.2) is 6.29 Å². The summed E-state index contributed by atoms with van der Waals surface area (Å²) in [6.45, 7) is 4.54. The number of ether oxygens (including phenoxy) is 4. The molecule has 1 rings (SSSR count). The molecule has 1 fully saturated rings. The van der Waals surface area contributed by atoms with Crippen molar-refractivity contribution in [3.8, 4) is 0 Å². The van der Waals surface area contributed by atoms with Crippen molar-refractivity contribution in [3.63, 3.8) is 0 Å². The highest BCUT2D eigenvalue weighted by atomic mass is 16.7. The lowest BCUT2D eigenvalue weighted by Crippen LogP contribution is -2.59. The van der Waals surface area contributed by atoms with Gasteiger partial charge in [0.1, 0.15) is 30.5 Å². The first-order chi connectivity index (χ1) is 29.9. The van der Waals surface area contributed by atoms with Gasteiger partial charge in [-0.1, -0.05) is 185 Å². The van der Waals surface area contributed by atoms with Crippen LogP contribution in [0.3, 0.4) is 0 Å². The van der Waals surface area contributed by atoms with E-state index in [1.807, 2.05) is 0 Å². The summed E-state index contributed by atoms with van der Waals surface area (Å²) in [5, 5.41) is 40.2. The summed E-state index contributed by atoms with van der Waals surface area (Å²) in [7, 11) is 0. The van der Waals surface area contributed by atoms with Crippen molar-refractivity contribution in [2.24, 2.45) is 0 Å². The van der Waals surface area contributed by atoms with Crippen LogP contribution >= 0.6 is 0 Å². The average Bonchev–Trinajstić information content (AvgIpc) is 3.26. The Labute approximate surface area is 374 Å². The maximum absolute atomic E-state index is 12.8. The van der Waals surface area contributed by atoms with Crippen LogP contribution in [0.25, 0.3) is 0 Å². The van der Waals surface area contributed by atoms with Gasteiger partial charge in [-0.25, -0.2) is 0 Å². The van der Waals surface area contributed by atoms with E-state index in [9.17, 15) is 25.2 Å². The smallest absolute Gasteiger partial charge is 0.306 e. The van der Waals surface area contributed by atoms with Crippen molar-refractivity contribution in [3.05, 3.63) is 36.5 Å². The number of hydrogen-bond acceptors (Lipinski definition) is 9. The van der Waals surface area contributed by atoms with E-state index in [1.165, 1.54) is 161 Å². The van der Waals surface area contributed by atoms with Gasteiger partial charge in [0.25, 0.3) is 0 Å². The van der Waals surface area contributed by atoms with E-state index in [-0.39, 0.29) is 19.2 Å². The summed E-state index contributed by atoms with van der Waals surface area (Å²) < 4.78 is 22.9. The fourth-order valence-corrected chi connectivity index (χ4v) is 7.75. The Morgan fingerprint density at radius 2 is 0.951 bits per heavy atom. The molecule has 9 heteroatoms. The molecule has 6 unspecified atom stereocenters. The zero-order valence-electron chi connectivity index (χ0n) is 39.4. The lowest BCUT2D eigenvalue weighted by Gasteiger charge is -2.39. The summed E-state index contributed by atoms with van der Waals surface area (Å²) in [4.78, 5) is 12.8. The molecular formula is C52H96O9. The van der Waals surface area contributed by atoms with Crippen molar-refractivity contribution in [1.82, 2.24) is 0 Å². The largest absolute Gasteiger partial charge is 0.457 e. The Morgan fingerprint density at radius 3 is 1.46 bits per heavy atom. The average molecular weight is 865 g/mol. The van der Waals surface area contributed by atoms with Crippen molar-refractivity contribution in [2.75, 3.05) is 26.4 Å². The Kier molecular flexibility index (Phi) is 41.1. The van der Waals surface area contributed by atoms with E-state index in [4.69, 9.17) is 18.9 Å². The van der Waals surface area contributed by atoms with Gasteiger partial charge < -0.3 is 39.4 Å². The third-order valence-corrected chi connectivity index (χ3v) is 11.8. The van der Waals surface area contributed by atoms with Crippen LogP contribution in [0.2, 0.25) is 0 Å². The summed E-state index contributed by atoms with van der Waals surface area (Å²) in [6.07, 6.45) is 46.1. The Balaban J connectivity index is 2.16. The fraction of sp³-hybridized carbons (Fsp3) is 0.865. The molecule has 1 saturated heterocycles. The molecule has 6 atom stereocenters. The lowest BCUT2D eigenvalue weighted by molar-refractivity contribution is -0.305. The van der Waals surface area contributed by atoms with Crippen LogP contribution in [0.1, 0.15) is 226 Å². The predicted octanol–water partition coefficient (Wildman–Crippen LogP) is 12.3. The molecule has 0 aromatic rings. The minimum atomic E-state index is -1.54. The number of hydrogen-bond donors (Lipinski definition) is 4. The van der Waals surface area contributed by atoms with Crippen LogP contribution in [0, 0.1) is 0 Å². The van der Waals surface area contributed by atoms with E-state index in [0.29, 0.717) is 13.0 Å². The van der Waals surface area contributed by atoms with Crippen LogP contribution in [0.4, 0.5) is 0 Å². The zero-order valence-corrected chi connectivity index (χ0v) is 39.4. The Morgan fingerprint density at radius 1 is 0.525 bits per heavy atom. The summed E-state index contributed by atoms with van der Waals surface area (Å²) in [6, 6.07) is 0. The standard InChI is InChI=1S/C52H96O9/c1-3-5-7-9-11-13-15-17-18-19-20-21-22-23-24-25-26-27-28-29-31-33-35-37-39-41-48(54)60-46(45-59-52-51(57)50(56)49(55)47(43-53)61-52)44-58-42-40-38-36-34-32-30-16-14-12-10-8-6-4-2/h12,14-15,17,19-20,46-47,49-53,55-57H,3-11,13,16,18,21-45H2,1-2H3/b14-12-,17-15-,20-19-. The van der Waals surface area contributed by atoms with Crippen molar-refractivity contribution < 1.29 is 44.2 Å². The second-order valence-corrected chi connectivity index (χ2v) is 17.6. The normalized spacial score (nSPS) is 20.1. The van der Waals surface area contributed by atoms with Gasteiger partial charge in [-0.15, -0.1) is 0 Å². The number of unbranched alkanes of at least 4 members (excludes halogenated alkanes) is 27. The maximum atomic E-state index is 12.8. The number of allylic oxidation sites excluding steroid dienone is 6. The first kappa shape index (κ1) is 57.4. The van der Waals surface area contributed by atoms with Crippen molar-refractivity contribution in [1.29, 1.82) is 0 Å². The van der Waals surface area contributed by atoms with Crippen LogP contribution in [0.15, 0.2) is 36.5 Å². The predicted molar refractivity (Wildman–Crippen MR) is 252 cm³/mol. The molecule has 0 aliphatic carbocycles. The van der Waals surface area contributed by atoms with E-state index in [2.05, 4.69) is 50.3 Å². The van der Waals surface area contributed by atoms with E-state index in [0.717, 1.165) is 44.9 Å². The Bertz CT molecular complexity index is 1030. The lowest BCUT2D eigenvalue weighted by atomic mass is 9.99. The van der Waals surface area contributed by atoms with Crippen LogP contribution < -0.4 is 0 Å². The summed E-state index contributed by atoms with van der Waals surface area (Å²) >= 11 is 0. The second kappa shape index (κ2) is 43.7. The highest BCUT2D eigenvalue weighted by Gasteiger charge is 2.44. The van der Waals surface area contributed by atoms with Crippen LogP contribution in [-0.2, 0) is 23.7 Å². The van der Waals surface area contributed by atoms with Gasteiger partial charge in [-0.2, -0.15) is 0 Å². The number of esters is 1. The van der Waals surface area contributed by atoms with Gasteiger partial charge in [0, 0.05) is 13.0 Å². The fourth-order valence-electron chi connectivity index (χ4n) is 7.75. The molecule has 358 valence electrons. The molecule has 4 N–H and O–H groups in total. The first-order valence-electron chi connectivity index (χ1n) is 25.6. The van der Waals surface area contributed by atoms with Crippen LogP contribution in [0.5, 0.6) is 0 Å². The highest BCUT2D eigenvalue weighted by Crippen LogP contribution is 2.23. The van der Waals surface area contributed by atoms with E-state index in [1.54, 1.807) is 0 Å². The van der Waals surface area contributed by atoms with Crippen molar-refractivity contribution >= 4 is 5.97 Å². The molecule has 0 radical (unpaired) electrons. The third kappa shape index (κ3) is 34.5. The highest BCUT2D eigenvalue weighted by molar-refractivity contribution is 5.69. The number of aliphatic hydroxyl groups is 4. The molecular weight excluding hydrogens is 769 g/mol. The molecule has 61 heavy (non-hydrogen) atoms. The zero-order chi connectivity index (χ0) is 44.3. The summed E-state index contributed by atoms with van der Waals surface area (Å²) in [5.74, 6) is -0.315. The SMILES string of the molecule is CCCCC/C=C\CCCCCCCCOCC(COC1OC(CO)C(O)C(O)C1O)OC(=O)CCCCCCCCCCCCCCC/C=C\C/C=C\CCCCCCC. The van der Waals surface area contributed by atoms with Crippen LogP contribution in [-0.4, -0.2) is 89.6 Å². The summed E-state index contributed by atoms with van der Waals surface area (Å²) in [5.41, 5.74) is 0. The number of rotatable bonds is 44. The quantitative estimate of drug-likeness (QED) is 0.0268. The molecule has 0 bridgehead atoms. The molecule has 1 heterocycles. The van der Waals surface area contributed by atoms with Gasteiger partial charge in [-0.3, -0.25) is 4.79 Å². The molecule has 1 aliphatic heterocycles. The molecule has 0 amide bonds. The molecule has 0 aromatic heterocycles. The molecule has 9 nitrogen and oxygen atoms in total. The Hall–Kier alpha value is -1.59. The minimum absolute atomic E-state index is 0.114. The molecule has 0 aromatic carbocycles. The maximum Gasteiger partial charge on any atom is 0.306 e. The molecule has 0 spiro atoms. The number of carbonyl (C=O) groups is 1. The van der Waals surface area contributed by atoms with E-state index < -0.39 is 43.4 Å². The molecule has 1 aliphatic rings. The molecule has 0 saturated carbocycles. The van der Waals surface area contributed by atoms with Gasteiger partial charge in [-0.05, 0) is 70.6 Å².